The van der Waals surface area contributed by atoms with E-state index in [9.17, 15) is 9.59 Å². The van der Waals surface area contributed by atoms with Gasteiger partial charge in [0.15, 0.2) is 0 Å². The van der Waals surface area contributed by atoms with Crippen molar-refractivity contribution in [2.75, 3.05) is 19.7 Å². The van der Waals surface area contributed by atoms with Crippen molar-refractivity contribution in [3.63, 3.8) is 0 Å². The Bertz CT molecular complexity index is 532. The van der Waals surface area contributed by atoms with Crippen LogP contribution in [0.4, 0.5) is 0 Å². The summed E-state index contributed by atoms with van der Waals surface area (Å²) in [6.45, 7) is 3.77. The standard InChI is InChI=1S/C17H21NO3/c1-2-21-16(20)14-12-17(14)8-10-18(11-9-17)15(19)13-6-4-3-5-7-13/h3-7,14H,2,8-12H2,1H3. The molecule has 1 atom stereocenters. The van der Waals surface area contributed by atoms with Gasteiger partial charge in [-0.1, -0.05) is 18.2 Å². The first-order chi connectivity index (χ1) is 10.2. The van der Waals surface area contributed by atoms with Gasteiger partial charge in [0, 0.05) is 18.7 Å². The molecule has 1 unspecified atom stereocenters. The highest BCUT2D eigenvalue weighted by molar-refractivity contribution is 5.94. The number of esters is 1. The minimum absolute atomic E-state index is 0.0552. The summed E-state index contributed by atoms with van der Waals surface area (Å²) in [6, 6.07) is 9.39. The van der Waals surface area contributed by atoms with Crippen molar-refractivity contribution in [3.8, 4) is 0 Å². The molecule has 2 aliphatic rings. The van der Waals surface area contributed by atoms with Crippen LogP contribution in [0.15, 0.2) is 30.3 Å². The smallest absolute Gasteiger partial charge is 0.309 e. The number of amides is 1. The van der Waals surface area contributed by atoms with Crippen LogP contribution in [0, 0.1) is 11.3 Å². The van der Waals surface area contributed by atoms with Crippen LogP contribution in [0.25, 0.3) is 0 Å². The quantitative estimate of drug-likeness (QED) is 0.802. The van der Waals surface area contributed by atoms with Crippen LogP contribution in [0.5, 0.6) is 0 Å². The van der Waals surface area contributed by atoms with E-state index in [2.05, 4.69) is 0 Å². The minimum Gasteiger partial charge on any atom is -0.466 e. The topological polar surface area (TPSA) is 46.6 Å². The van der Waals surface area contributed by atoms with E-state index in [-0.39, 0.29) is 23.2 Å². The number of likely N-dealkylation sites (tertiary alicyclic amines) is 1. The monoisotopic (exact) mass is 287 g/mol. The first kappa shape index (κ1) is 14.1. The van der Waals surface area contributed by atoms with E-state index in [1.54, 1.807) is 0 Å². The summed E-state index contributed by atoms with van der Waals surface area (Å²) in [7, 11) is 0. The number of ether oxygens (including phenoxy) is 1. The van der Waals surface area contributed by atoms with E-state index >= 15 is 0 Å². The van der Waals surface area contributed by atoms with Crippen molar-refractivity contribution in [2.24, 2.45) is 11.3 Å². The molecular weight excluding hydrogens is 266 g/mol. The van der Waals surface area contributed by atoms with Crippen molar-refractivity contribution in [3.05, 3.63) is 35.9 Å². The van der Waals surface area contributed by atoms with Gasteiger partial charge in [-0.15, -0.1) is 0 Å². The zero-order valence-corrected chi connectivity index (χ0v) is 12.4. The maximum atomic E-state index is 12.4. The van der Waals surface area contributed by atoms with Crippen LogP contribution in [0.3, 0.4) is 0 Å². The molecule has 21 heavy (non-hydrogen) atoms. The van der Waals surface area contributed by atoms with Crippen molar-refractivity contribution in [1.29, 1.82) is 0 Å². The fourth-order valence-corrected chi connectivity index (χ4v) is 3.39. The second-order valence-corrected chi connectivity index (χ2v) is 6.03. The van der Waals surface area contributed by atoms with Crippen molar-refractivity contribution in [2.45, 2.75) is 26.2 Å². The van der Waals surface area contributed by atoms with Gasteiger partial charge in [-0.05, 0) is 43.7 Å². The molecule has 1 aromatic rings. The molecule has 1 aliphatic heterocycles. The van der Waals surface area contributed by atoms with Crippen LogP contribution >= 0.6 is 0 Å². The normalized spacial score (nSPS) is 22.9. The third-order valence-corrected chi connectivity index (χ3v) is 4.83. The molecular formula is C17H21NO3. The number of benzene rings is 1. The summed E-state index contributed by atoms with van der Waals surface area (Å²) in [5, 5.41) is 0. The maximum absolute atomic E-state index is 12.4. The van der Waals surface area contributed by atoms with E-state index in [1.165, 1.54) is 0 Å². The van der Waals surface area contributed by atoms with Gasteiger partial charge in [-0.25, -0.2) is 0 Å². The summed E-state index contributed by atoms with van der Waals surface area (Å²) < 4.78 is 5.12. The summed E-state index contributed by atoms with van der Waals surface area (Å²) in [6.07, 6.45) is 2.75. The van der Waals surface area contributed by atoms with Crippen LogP contribution < -0.4 is 0 Å². The molecule has 4 heteroatoms. The molecule has 1 spiro atoms. The third kappa shape index (κ3) is 2.67. The lowest BCUT2D eigenvalue weighted by Gasteiger charge is -2.32. The Kier molecular flexibility index (Phi) is 3.70. The van der Waals surface area contributed by atoms with E-state index in [4.69, 9.17) is 4.74 Å². The van der Waals surface area contributed by atoms with Gasteiger partial charge in [0.25, 0.3) is 5.91 Å². The lowest BCUT2D eigenvalue weighted by Crippen LogP contribution is -2.40. The fraction of sp³-hybridized carbons (Fsp3) is 0.529. The summed E-state index contributed by atoms with van der Waals surface area (Å²) >= 11 is 0. The molecule has 1 saturated heterocycles. The van der Waals surface area contributed by atoms with Gasteiger partial charge in [-0.2, -0.15) is 0 Å². The number of carbonyl (C=O) groups is 2. The number of nitrogens with zero attached hydrogens (tertiary/aromatic N) is 1. The summed E-state index contributed by atoms with van der Waals surface area (Å²) in [5.74, 6) is 0.102. The van der Waals surface area contributed by atoms with Crippen LogP contribution in [0.1, 0.15) is 36.5 Å². The van der Waals surface area contributed by atoms with E-state index in [0.29, 0.717) is 6.61 Å². The third-order valence-electron chi connectivity index (χ3n) is 4.83. The number of hydrogen-bond acceptors (Lipinski definition) is 3. The first-order valence-electron chi connectivity index (χ1n) is 7.67. The number of rotatable bonds is 3. The Balaban J connectivity index is 1.57. The molecule has 1 aliphatic carbocycles. The molecule has 1 aromatic carbocycles. The number of carbonyl (C=O) groups excluding carboxylic acids is 2. The Hall–Kier alpha value is -1.84. The Morgan fingerprint density at radius 1 is 1.24 bits per heavy atom. The molecule has 1 amide bonds. The highest BCUT2D eigenvalue weighted by atomic mass is 16.5. The van der Waals surface area contributed by atoms with Gasteiger partial charge in [0.2, 0.25) is 0 Å². The van der Waals surface area contributed by atoms with Crippen LogP contribution in [0.2, 0.25) is 0 Å². The van der Waals surface area contributed by atoms with Gasteiger partial charge in [0.05, 0.1) is 12.5 Å². The van der Waals surface area contributed by atoms with Gasteiger partial charge >= 0.3 is 5.97 Å². The minimum atomic E-state index is -0.0552. The van der Waals surface area contributed by atoms with E-state index in [0.717, 1.165) is 37.9 Å². The zero-order chi connectivity index (χ0) is 14.9. The Labute approximate surface area is 125 Å². The Morgan fingerprint density at radius 2 is 1.90 bits per heavy atom. The molecule has 1 saturated carbocycles. The van der Waals surface area contributed by atoms with Crippen molar-refractivity contribution in [1.82, 2.24) is 4.90 Å². The molecule has 3 rings (SSSR count). The molecule has 2 fully saturated rings. The van der Waals surface area contributed by atoms with Crippen LogP contribution in [-0.4, -0.2) is 36.5 Å². The molecule has 0 N–H and O–H groups in total. The lowest BCUT2D eigenvalue weighted by molar-refractivity contribution is -0.145. The molecule has 4 nitrogen and oxygen atoms in total. The van der Waals surface area contributed by atoms with Gasteiger partial charge < -0.3 is 9.64 Å². The summed E-state index contributed by atoms with van der Waals surface area (Å²) in [4.78, 5) is 26.1. The van der Waals surface area contributed by atoms with E-state index < -0.39 is 0 Å². The molecule has 0 aromatic heterocycles. The zero-order valence-electron chi connectivity index (χ0n) is 12.4. The van der Waals surface area contributed by atoms with Crippen LogP contribution in [-0.2, 0) is 9.53 Å². The molecule has 112 valence electrons. The highest BCUT2D eigenvalue weighted by Gasteiger charge is 2.59. The second kappa shape index (κ2) is 5.51. The Morgan fingerprint density at radius 3 is 2.52 bits per heavy atom. The molecule has 1 heterocycles. The number of hydrogen-bond donors (Lipinski definition) is 0. The van der Waals surface area contributed by atoms with Crippen molar-refractivity contribution >= 4 is 11.9 Å². The fourth-order valence-electron chi connectivity index (χ4n) is 3.39. The first-order valence-corrected chi connectivity index (χ1v) is 7.67. The molecule has 0 bridgehead atoms. The number of piperidine rings is 1. The average Bonchev–Trinajstić information content (AvgIpc) is 3.22. The predicted octanol–water partition coefficient (Wildman–Crippen LogP) is 2.49. The largest absolute Gasteiger partial charge is 0.466 e. The summed E-state index contributed by atoms with van der Waals surface area (Å²) in [5.41, 5.74) is 0.853. The highest BCUT2D eigenvalue weighted by Crippen LogP contribution is 2.59. The second-order valence-electron chi connectivity index (χ2n) is 6.03. The maximum Gasteiger partial charge on any atom is 0.309 e. The van der Waals surface area contributed by atoms with Crippen molar-refractivity contribution < 1.29 is 14.3 Å². The lowest BCUT2D eigenvalue weighted by atomic mass is 9.90. The SMILES string of the molecule is CCOC(=O)C1CC12CCN(C(=O)c1ccccc1)CC2. The predicted molar refractivity (Wildman–Crippen MR) is 78.8 cm³/mol. The van der Waals surface area contributed by atoms with Gasteiger partial charge in [0.1, 0.15) is 0 Å². The van der Waals surface area contributed by atoms with Gasteiger partial charge in [-0.3, -0.25) is 9.59 Å². The molecule has 0 radical (unpaired) electrons. The average molecular weight is 287 g/mol. The van der Waals surface area contributed by atoms with E-state index in [1.807, 2.05) is 42.2 Å².